The lowest BCUT2D eigenvalue weighted by atomic mass is 9.83. The van der Waals surface area contributed by atoms with Gasteiger partial charge in [0.05, 0.1) is 63.1 Å². The standard InChI is InChI=1S/C62H86F3N11O8/c1-38(81-4)51-46(26-43(28-66-51)72-20-19-71-21-23-82-32-44(71)30-72)55-47-27-60(2,3)37-83-59(80)48-12-8-18-76(69-48)57(78)49(31-70-17-7-11-42(29-70)41-15-16-50(45(47)25-41)75(55)36-62(63,64)65)67-56(77)54(40-9-5-6-10-40)73-22-24-84-61(33-73)34-74(35-61)58(79)53-52(68-53)39-13-14-39/h11,15-16,25,28,38-40,43-44,48-49,52-54,68-69H,5-10,12-14,17-24,26-27,29-37H2,1-4H3,(H,67,77)/t38-,43+,44-,48-,49-,52+,53+,54-/m0/s1. The van der Waals surface area contributed by atoms with Crippen LogP contribution >= 0.6 is 0 Å². The first-order valence-electron chi connectivity index (χ1n) is 31.4. The lowest BCUT2D eigenvalue weighted by molar-refractivity contribution is -0.197. The van der Waals surface area contributed by atoms with Gasteiger partial charge in [0.2, 0.25) is 11.8 Å². The second-order valence-corrected chi connectivity index (χ2v) is 27.1. The molecule has 13 rings (SSSR count). The van der Waals surface area contributed by atoms with Crippen molar-refractivity contribution in [3.05, 3.63) is 46.8 Å². The van der Waals surface area contributed by atoms with Gasteiger partial charge in [0.25, 0.3) is 5.91 Å². The van der Waals surface area contributed by atoms with Gasteiger partial charge in [0.15, 0.2) is 0 Å². The number of hydrogen-bond acceptors (Lipinski definition) is 15. The van der Waals surface area contributed by atoms with Crippen LogP contribution in [0.1, 0.15) is 102 Å². The third kappa shape index (κ3) is 12.0. The molecule has 84 heavy (non-hydrogen) atoms. The highest BCUT2D eigenvalue weighted by molar-refractivity contribution is 5.95. The number of morpholine rings is 2. The number of hydrogen-bond donors (Lipinski definition) is 3. The average molecular weight is 1170 g/mol. The molecule has 0 radical (unpaired) electrons. The number of fused-ring (bicyclic) bond motifs is 7. The van der Waals surface area contributed by atoms with Crippen LogP contribution in [0.4, 0.5) is 13.2 Å². The quantitative estimate of drug-likeness (QED) is 0.214. The van der Waals surface area contributed by atoms with Gasteiger partial charge in [0.1, 0.15) is 30.3 Å². The Kier molecular flexibility index (Phi) is 16.2. The summed E-state index contributed by atoms with van der Waals surface area (Å²) in [7, 11) is 1.60. The number of ether oxygens (including phenoxy) is 4. The Morgan fingerprint density at radius 3 is 2.55 bits per heavy atom. The van der Waals surface area contributed by atoms with Crippen LogP contribution in [-0.4, -0.2) is 236 Å². The SMILES string of the molecule is CO[C@@H](C)C1=C(c2c3c4cc(ccc4n2CC(F)(F)F)C2=CCCN(C2)C[C@H](NC(=O)[C@H](C2CCCC2)N2CCOC4(CN(C(=O)[C@@H]5N[C@@H]5C5CC5)C4)C2)C(=O)N2CCC[C@H](N2)C(=O)OCC(C)(C)C3)C[C@@H](N2CCN3CCOC[C@@H]3C2)C=N1. The number of esters is 1. The maximum absolute atomic E-state index is 15.3. The smallest absolute Gasteiger partial charge is 0.406 e. The highest BCUT2D eigenvalue weighted by Gasteiger charge is 2.58. The van der Waals surface area contributed by atoms with Crippen LogP contribution in [0.5, 0.6) is 0 Å². The fraction of sp³-hybridized carbons (Fsp3) is 0.726. The van der Waals surface area contributed by atoms with E-state index in [1.54, 1.807) is 7.11 Å². The number of halogens is 3. The van der Waals surface area contributed by atoms with E-state index in [-0.39, 0.29) is 67.4 Å². The summed E-state index contributed by atoms with van der Waals surface area (Å²) >= 11 is 0. The Labute approximate surface area is 490 Å². The molecule has 458 valence electrons. The molecule has 10 heterocycles. The minimum atomic E-state index is -4.58. The summed E-state index contributed by atoms with van der Waals surface area (Å²) in [6.45, 7) is 13.1. The normalized spacial score (nSPS) is 31.7. The van der Waals surface area contributed by atoms with Gasteiger partial charge in [-0.1, -0.05) is 38.8 Å². The largest absolute Gasteiger partial charge is 0.464 e. The van der Waals surface area contributed by atoms with Crippen LogP contribution < -0.4 is 16.1 Å². The van der Waals surface area contributed by atoms with Crippen molar-refractivity contribution in [3.63, 3.8) is 0 Å². The van der Waals surface area contributed by atoms with E-state index < -0.39 is 53.9 Å². The molecule has 1 unspecified atom stereocenters. The lowest BCUT2D eigenvalue weighted by Gasteiger charge is -2.55. The molecular weight excluding hydrogens is 1080 g/mol. The fourth-order valence-corrected chi connectivity index (χ4v) is 15.6. The van der Waals surface area contributed by atoms with E-state index in [0.29, 0.717) is 125 Å². The minimum Gasteiger partial charge on any atom is -0.464 e. The number of amides is 3. The predicted molar refractivity (Wildman–Crippen MR) is 309 cm³/mol. The number of cyclic esters (lactones) is 1. The lowest BCUT2D eigenvalue weighted by Crippen LogP contribution is -2.73. The molecule has 9 aliphatic heterocycles. The van der Waals surface area contributed by atoms with Crippen molar-refractivity contribution < 1.29 is 51.3 Å². The van der Waals surface area contributed by atoms with Crippen molar-refractivity contribution in [3.8, 4) is 0 Å². The summed E-state index contributed by atoms with van der Waals surface area (Å²) in [5.41, 5.74) is 6.62. The highest BCUT2D eigenvalue weighted by Crippen LogP contribution is 2.45. The molecule has 3 N–H and O–H groups in total. The van der Waals surface area contributed by atoms with Crippen LogP contribution in [0.2, 0.25) is 0 Å². The van der Waals surface area contributed by atoms with Gasteiger partial charge in [-0.2, -0.15) is 13.2 Å². The van der Waals surface area contributed by atoms with Crippen LogP contribution in [0.15, 0.2) is 35.0 Å². The highest BCUT2D eigenvalue weighted by atomic mass is 19.4. The molecular formula is C62H86F3N11O8. The molecule has 3 amide bonds. The molecule has 1 spiro atoms. The van der Waals surface area contributed by atoms with E-state index in [2.05, 4.69) is 41.7 Å². The zero-order chi connectivity index (χ0) is 58.2. The number of alkyl halides is 3. The second-order valence-electron chi connectivity index (χ2n) is 27.1. The van der Waals surface area contributed by atoms with Crippen LogP contribution in [0, 0.1) is 17.3 Å². The number of carbonyl (C=O) groups excluding carboxylic acids is 4. The number of methoxy groups -OCH3 is 1. The number of nitrogens with one attached hydrogen (secondary N) is 3. The van der Waals surface area contributed by atoms with E-state index in [9.17, 15) is 9.59 Å². The summed E-state index contributed by atoms with van der Waals surface area (Å²) in [4.78, 5) is 74.6. The fourth-order valence-electron chi connectivity index (χ4n) is 15.6. The topological polar surface area (TPSA) is 188 Å². The van der Waals surface area contributed by atoms with Gasteiger partial charge >= 0.3 is 12.1 Å². The molecule has 6 bridgehead atoms. The van der Waals surface area contributed by atoms with E-state index in [1.165, 1.54) is 22.4 Å². The predicted octanol–water partition coefficient (Wildman–Crippen LogP) is 4.23. The number of piperazine rings is 1. The first-order valence-corrected chi connectivity index (χ1v) is 31.4. The molecule has 8 fully saturated rings. The molecule has 19 nitrogen and oxygen atoms in total. The van der Waals surface area contributed by atoms with Gasteiger partial charge in [0, 0.05) is 119 Å². The van der Waals surface area contributed by atoms with Crippen LogP contribution in [0.25, 0.3) is 22.0 Å². The Balaban J connectivity index is 0.824. The second kappa shape index (κ2) is 23.4. The van der Waals surface area contributed by atoms with Gasteiger partial charge < -0.3 is 33.7 Å². The third-order valence-electron chi connectivity index (χ3n) is 20.3. The van der Waals surface area contributed by atoms with E-state index in [1.807, 2.05) is 50.1 Å². The number of benzene rings is 1. The van der Waals surface area contributed by atoms with Crippen LogP contribution in [-0.2, 0) is 51.1 Å². The maximum Gasteiger partial charge on any atom is 0.406 e. The minimum absolute atomic E-state index is 0.0466. The third-order valence-corrected chi connectivity index (χ3v) is 20.3. The Morgan fingerprint density at radius 1 is 0.952 bits per heavy atom. The number of likely N-dealkylation sites (tertiary alicyclic amines) is 1. The first kappa shape index (κ1) is 58.2. The van der Waals surface area contributed by atoms with Crippen molar-refractivity contribution >= 4 is 52.0 Å². The summed E-state index contributed by atoms with van der Waals surface area (Å²) < 4.78 is 71.9. The number of nitrogens with zero attached hydrogens (tertiary/aromatic N) is 8. The average Bonchev–Trinajstić information content (AvgIpc) is 1.78. The van der Waals surface area contributed by atoms with E-state index in [0.717, 1.165) is 68.6 Å². The summed E-state index contributed by atoms with van der Waals surface area (Å²) in [5.74, 6) is -0.269. The zero-order valence-corrected chi connectivity index (χ0v) is 49.4. The van der Waals surface area contributed by atoms with Crippen LogP contribution in [0.3, 0.4) is 0 Å². The number of carbonyl (C=O) groups is 4. The van der Waals surface area contributed by atoms with Gasteiger partial charge in [-0.15, -0.1) is 0 Å². The molecule has 2 aliphatic carbocycles. The Bertz CT molecular complexity index is 2950. The molecule has 1 aromatic heterocycles. The van der Waals surface area contributed by atoms with E-state index in [4.69, 9.17) is 23.9 Å². The number of aromatic nitrogens is 1. The summed E-state index contributed by atoms with van der Waals surface area (Å²) in [6, 6.07) is 3.60. The molecule has 2 saturated carbocycles. The first-order chi connectivity index (χ1) is 40.4. The van der Waals surface area contributed by atoms with Crippen molar-refractivity contribution in [1.82, 2.24) is 50.1 Å². The monoisotopic (exact) mass is 1170 g/mol. The maximum atomic E-state index is 15.3. The molecule has 1 aromatic carbocycles. The zero-order valence-electron chi connectivity index (χ0n) is 49.4. The molecule has 22 heteroatoms. The molecule has 6 saturated heterocycles. The Morgan fingerprint density at radius 2 is 1.76 bits per heavy atom. The summed E-state index contributed by atoms with van der Waals surface area (Å²) in [5, 5.41) is 8.90. The molecule has 9 atom stereocenters. The van der Waals surface area contributed by atoms with Crippen molar-refractivity contribution in [2.45, 2.75) is 158 Å². The van der Waals surface area contributed by atoms with Crippen molar-refractivity contribution in [2.75, 3.05) is 112 Å². The van der Waals surface area contributed by atoms with Gasteiger partial charge in [-0.25, -0.2) is 5.43 Å². The Hall–Kier alpha value is -4.78. The van der Waals surface area contributed by atoms with E-state index >= 15 is 22.8 Å². The van der Waals surface area contributed by atoms with Crippen molar-refractivity contribution in [1.29, 1.82) is 0 Å². The summed E-state index contributed by atoms with van der Waals surface area (Å²) in [6.07, 6.45) is 7.43. The van der Waals surface area contributed by atoms with Crippen molar-refractivity contribution in [2.24, 2.45) is 22.2 Å². The number of hydrazine groups is 1. The number of rotatable bonds is 11. The van der Waals surface area contributed by atoms with Gasteiger partial charge in [-0.3, -0.25) is 54.1 Å². The molecule has 11 aliphatic rings. The van der Waals surface area contributed by atoms with Gasteiger partial charge in [-0.05, 0) is 105 Å². The molecule has 2 aromatic rings. The number of aliphatic imine (C=N–C) groups is 1.